The predicted octanol–water partition coefficient (Wildman–Crippen LogP) is 2.16. The monoisotopic (exact) mass is 302 g/mol. The molecule has 4 heteroatoms. The van der Waals surface area contributed by atoms with Gasteiger partial charge in [-0.2, -0.15) is 0 Å². The Morgan fingerprint density at radius 3 is 2.86 bits per heavy atom. The van der Waals surface area contributed by atoms with Crippen LogP contribution in [0.1, 0.15) is 10.4 Å². The molecule has 72 valence electrons. The van der Waals surface area contributed by atoms with Crippen LogP contribution in [-0.4, -0.2) is 17.7 Å². The Labute approximate surface area is 95.2 Å². The maximum absolute atomic E-state index is 10.7. The molecule has 0 fully saturated rings. The van der Waals surface area contributed by atoms with Crippen LogP contribution in [-0.2, 0) is 0 Å². The summed E-state index contributed by atoms with van der Waals surface area (Å²) in [6.45, 7) is 0.202. The quantitative estimate of drug-likeness (QED) is 0.687. The molecule has 0 aromatic heterocycles. The highest BCUT2D eigenvalue weighted by Crippen LogP contribution is 2.17. The third-order valence-electron chi connectivity index (χ3n) is 1.48. The number of para-hydroxylation sites is 1. The lowest BCUT2D eigenvalue weighted by atomic mass is 10.2. The van der Waals surface area contributed by atoms with Crippen molar-refractivity contribution in [2.45, 2.75) is 0 Å². The number of hydrogen-bond acceptors (Lipinski definition) is 2. The van der Waals surface area contributed by atoms with Gasteiger partial charge in [-0.3, -0.25) is 0 Å². The maximum atomic E-state index is 10.7. The van der Waals surface area contributed by atoms with Crippen LogP contribution in [0.5, 0.6) is 5.75 Å². The van der Waals surface area contributed by atoms with Gasteiger partial charge in [-0.05, 0) is 16.1 Å². The summed E-state index contributed by atoms with van der Waals surface area (Å²) in [5.41, 5.74) is 0.155. The molecule has 0 bridgehead atoms. The van der Waals surface area contributed by atoms with Gasteiger partial charge in [0.05, 0.1) is 0 Å². The van der Waals surface area contributed by atoms with E-state index in [4.69, 9.17) is 9.84 Å². The molecular weight excluding hydrogens is 295 g/mol. The van der Waals surface area contributed by atoms with Crippen molar-refractivity contribution in [3.63, 3.8) is 0 Å². The summed E-state index contributed by atoms with van der Waals surface area (Å²) in [7, 11) is 0. The summed E-state index contributed by atoms with van der Waals surface area (Å²) in [5.74, 6) is 2.03. The fraction of sp³-hybridized carbons (Fsp3) is 0.100. The fourth-order valence-corrected chi connectivity index (χ4v) is 1.07. The van der Waals surface area contributed by atoms with E-state index in [2.05, 4.69) is 9.85 Å². The van der Waals surface area contributed by atoms with E-state index < -0.39 is 5.97 Å². The predicted molar refractivity (Wildman–Crippen MR) is 60.7 cm³/mol. The lowest BCUT2D eigenvalue weighted by Gasteiger charge is -2.04. The van der Waals surface area contributed by atoms with Crippen LogP contribution in [0, 0.1) is 9.85 Å². The van der Waals surface area contributed by atoms with Gasteiger partial charge in [0.15, 0.2) is 0 Å². The highest BCUT2D eigenvalue weighted by molar-refractivity contribution is 14.1. The van der Waals surface area contributed by atoms with Crippen LogP contribution in [0.4, 0.5) is 0 Å². The number of benzene rings is 1. The van der Waals surface area contributed by atoms with Gasteiger partial charge in [0.1, 0.15) is 17.9 Å². The van der Waals surface area contributed by atoms with Crippen LogP contribution < -0.4 is 4.74 Å². The Hall–Kier alpha value is -1.22. The lowest BCUT2D eigenvalue weighted by molar-refractivity contribution is 0.0693. The molecule has 0 aliphatic heterocycles. The molecule has 0 saturated heterocycles. The first-order valence-electron chi connectivity index (χ1n) is 3.79. The molecule has 0 radical (unpaired) electrons. The van der Waals surface area contributed by atoms with Gasteiger partial charge >= 0.3 is 5.97 Å². The van der Waals surface area contributed by atoms with E-state index in [1.165, 1.54) is 6.07 Å². The van der Waals surface area contributed by atoms with E-state index in [0.29, 0.717) is 5.75 Å². The van der Waals surface area contributed by atoms with Gasteiger partial charge in [0.2, 0.25) is 0 Å². The minimum atomic E-state index is -0.997. The number of ether oxygens (including phenoxy) is 1. The maximum Gasteiger partial charge on any atom is 0.339 e. The Morgan fingerprint density at radius 2 is 2.21 bits per heavy atom. The Kier molecular flexibility index (Phi) is 4.26. The average Bonchev–Trinajstić information content (AvgIpc) is 2.19. The molecule has 0 saturated carbocycles. The van der Waals surface area contributed by atoms with E-state index in [0.717, 1.165) is 0 Å². The first-order valence-corrected chi connectivity index (χ1v) is 4.87. The second kappa shape index (κ2) is 5.50. The van der Waals surface area contributed by atoms with Crippen LogP contribution >= 0.6 is 22.6 Å². The Morgan fingerprint density at radius 1 is 1.50 bits per heavy atom. The van der Waals surface area contributed by atoms with E-state index in [1.54, 1.807) is 18.2 Å². The van der Waals surface area contributed by atoms with Gasteiger partial charge in [-0.15, -0.1) is 0 Å². The summed E-state index contributed by atoms with van der Waals surface area (Å²) < 4.78 is 7.81. The minimum absolute atomic E-state index is 0.155. The van der Waals surface area contributed by atoms with Gasteiger partial charge in [-0.25, -0.2) is 4.79 Å². The molecule has 1 aromatic carbocycles. The normalized spacial score (nSPS) is 8.64. The molecule has 3 nitrogen and oxygen atoms in total. The van der Waals surface area contributed by atoms with Gasteiger partial charge in [-0.1, -0.05) is 18.1 Å². The van der Waals surface area contributed by atoms with Crippen molar-refractivity contribution < 1.29 is 14.6 Å². The topological polar surface area (TPSA) is 46.5 Å². The van der Waals surface area contributed by atoms with Gasteiger partial charge in [0, 0.05) is 22.6 Å². The van der Waals surface area contributed by atoms with Crippen molar-refractivity contribution in [3.8, 4) is 15.6 Å². The molecule has 1 aromatic rings. The number of halogens is 1. The fourth-order valence-electron chi connectivity index (χ4n) is 0.910. The zero-order chi connectivity index (χ0) is 10.4. The van der Waals surface area contributed by atoms with Crippen LogP contribution in [0.2, 0.25) is 0 Å². The molecule has 0 aliphatic rings. The summed E-state index contributed by atoms with van der Waals surface area (Å²) in [6, 6.07) is 6.48. The molecule has 1 N–H and O–H groups in total. The van der Waals surface area contributed by atoms with E-state index in [1.807, 2.05) is 22.6 Å². The van der Waals surface area contributed by atoms with E-state index in [9.17, 15) is 4.79 Å². The zero-order valence-corrected chi connectivity index (χ0v) is 9.32. The van der Waals surface area contributed by atoms with Crippen LogP contribution in [0.15, 0.2) is 24.3 Å². The van der Waals surface area contributed by atoms with Crippen molar-refractivity contribution in [2.24, 2.45) is 0 Å². The van der Waals surface area contributed by atoms with Crippen molar-refractivity contribution in [3.05, 3.63) is 29.8 Å². The Bertz CT molecular complexity index is 390. The van der Waals surface area contributed by atoms with Crippen molar-refractivity contribution >= 4 is 28.6 Å². The van der Waals surface area contributed by atoms with Gasteiger partial charge < -0.3 is 9.84 Å². The average molecular weight is 302 g/mol. The highest BCUT2D eigenvalue weighted by atomic mass is 127. The molecule has 0 atom stereocenters. The molecule has 0 amide bonds. The molecule has 0 unspecified atom stereocenters. The second-order valence-electron chi connectivity index (χ2n) is 2.36. The van der Waals surface area contributed by atoms with Crippen LogP contribution in [0.3, 0.4) is 0 Å². The number of carboxylic acid groups (broad SMARTS) is 1. The molecule has 0 heterocycles. The number of hydrogen-bond donors (Lipinski definition) is 1. The molecule has 14 heavy (non-hydrogen) atoms. The first kappa shape index (κ1) is 10.9. The molecule has 0 aliphatic carbocycles. The summed E-state index contributed by atoms with van der Waals surface area (Å²) in [4.78, 5) is 10.7. The lowest BCUT2D eigenvalue weighted by Crippen LogP contribution is -2.02. The van der Waals surface area contributed by atoms with Crippen LogP contribution in [0.25, 0.3) is 0 Å². The van der Waals surface area contributed by atoms with Gasteiger partial charge in [0.25, 0.3) is 0 Å². The molecule has 0 spiro atoms. The minimum Gasteiger partial charge on any atom is -0.480 e. The van der Waals surface area contributed by atoms with Crippen molar-refractivity contribution in [1.82, 2.24) is 0 Å². The first-order chi connectivity index (χ1) is 6.75. The summed E-state index contributed by atoms with van der Waals surface area (Å²) in [5, 5.41) is 8.80. The molecular formula is C10H7IO3. The van der Waals surface area contributed by atoms with Crippen molar-refractivity contribution in [2.75, 3.05) is 6.61 Å². The smallest absolute Gasteiger partial charge is 0.339 e. The third-order valence-corrected chi connectivity index (χ3v) is 1.87. The summed E-state index contributed by atoms with van der Waals surface area (Å²) >= 11 is 1.89. The summed E-state index contributed by atoms with van der Waals surface area (Å²) in [6.07, 6.45) is 0. The number of carboxylic acids is 1. The molecule has 1 rings (SSSR count). The number of aromatic carboxylic acids is 1. The largest absolute Gasteiger partial charge is 0.480 e. The number of rotatable bonds is 3. The van der Waals surface area contributed by atoms with Crippen molar-refractivity contribution in [1.29, 1.82) is 0 Å². The second-order valence-corrected chi connectivity index (χ2v) is 2.90. The van der Waals surface area contributed by atoms with E-state index in [-0.39, 0.29) is 12.2 Å². The number of carbonyl (C=O) groups is 1. The van der Waals surface area contributed by atoms with E-state index >= 15 is 0 Å². The Balaban J connectivity index is 2.83. The zero-order valence-electron chi connectivity index (χ0n) is 7.16. The SMILES string of the molecule is O=C(O)c1ccccc1OCC#CI. The highest BCUT2D eigenvalue weighted by Gasteiger charge is 2.08. The standard InChI is InChI=1S/C10H7IO3/c11-6-3-7-14-9-5-2-1-4-8(9)10(12)13/h1-2,4-5H,7H2,(H,12,13). The third kappa shape index (κ3) is 2.92.